The minimum Gasteiger partial charge on any atom is -1.00 e. The van der Waals surface area contributed by atoms with Crippen LogP contribution in [0.4, 0.5) is 0 Å². The van der Waals surface area contributed by atoms with Crippen LogP contribution in [0.15, 0.2) is 0 Å². The van der Waals surface area contributed by atoms with Crippen LogP contribution in [0, 0.1) is 0 Å². The van der Waals surface area contributed by atoms with Gasteiger partial charge in [0.15, 0.2) is 0 Å². The molecule has 0 N–H and O–H groups in total. The van der Waals surface area contributed by atoms with Crippen molar-refractivity contribution < 1.29 is 1210 Å². The largest absolute Gasteiger partial charge is 1.00 e. The van der Waals surface area contributed by atoms with Crippen LogP contribution in [0.2, 0.25) is 0 Å². The molecule has 0 aromatic heterocycles. The fourth-order valence-corrected chi connectivity index (χ4v) is 0. The van der Waals surface area contributed by atoms with E-state index in [-0.39, 0.29) is 1210 Å². The van der Waals surface area contributed by atoms with Crippen molar-refractivity contribution in [1.29, 1.82) is 0 Å². The van der Waals surface area contributed by atoms with Crippen LogP contribution in [-0.2, 0) is 0 Å². The molecule has 0 rings (SSSR count). The Balaban J connectivity index is 0. The molecule has 0 aliphatic heterocycles. The van der Waals surface area contributed by atoms with E-state index in [1.807, 2.05) is 0 Å². The second-order valence-electron chi connectivity index (χ2n) is 0. The predicted molar refractivity (Wildman–Crippen MR) is 25.6 cm³/mol. The van der Waals surface area contributed by atoms with Crippen molar-refractivity contribution in [3.05, 3.63) is 0 Å². The molecule has 0 amide bonds. The van der Waals surface area contributed by atoms with Crippen molar-refractivity contribution >= 4 is 0 Å². The first-order chi connectivity index (χ1) is 0. The zero-order valence-electron chi connectivity index (χ0n) is 46.0. The van der Waals surface area contributed by atoms with Gasteiger partial charge in [0, 0.05) is 0 Å². The SMILES string of the molecule is [H-].[H-].[H-].[H-].[H-].[H-].[H-].[H-].[H-].[H-].[H-].[H-].[H-].[H-].[H-].[H-].[H-].[H-].[H-].[H-].[H-].[H-].[H-].[K+].[K+].[K+].[K+].[K+].[K+].[K+].[K+].[K+].[K+].[K+].[K+].[K+].[K+].[K+].[K+].[K+].[K+].[K+].[K+].[K+].[K+].[K+]. The summed E-state index contributed by atoms with van der Waals surface area (Å²) < 4.78 is 0. The number of hydrogen-bond acceptors (Lipinski definition) is 0. The van der Waals surface area contributed by atoms with Crippen LogP contribution >= 0.6 is 0 Å². The summed E-state index contributed by atoms with van der Waals surface area (Å²) >= 11 is 0. The molecule has 0 fully saturated rings. The average Bonchev–Trinajstić information content (AvgIpc) is 0. The first kappa shape index (κ1) is 152. The number of rotatable bonds is 0. The normalized spacial score (nSPS) is 0. The number of hydrogen-bond donors (Lipinski definition) is 0. The fourth-order valence-electron chi connectivity index (χ4n) is 0. The van der Waals surface area contributed by atoms with Crippen LogP contribution in [0.25, 0.3) is 0 Å². The summed E-state index contributed by atoms with van der Waals surface area (Å²) in [6.07, 6.45) is 0. The van der Waals surface area contributed by atoms with Gasteiger partial charge in [0.2, 0.25) is 0 Å². The van der Waals surface area contributed by atoms with Crippen LogP contribution in [-0.4, -0.2) is 0 Å². The van der Waals surface area contributed by atoms with Gasteiger partial charge in [-0.05, 0) is 0 Å². The van der Waals surface area contributed by atoms with E-state index in [1.54, 1.807) is 0 Å². The van der Waals surface area contributed by atoms with E-state index in [2.05, 4.69) is 0 Å². The summed E-state index contributed by atoms with van der Waals surface area (Å²) in [7, 11) is 0. The van der Waals surface area contributed by atoms with Gasteiger partial charge in [-0.1, -0.05) is 0 Å². The Kier molecular flexibility index (Phi) is 958. The van der Waals surface area contributed by atoms with Gasteiger partial charge in [0.1, 0.15) is 0 Å². The molecule has 0 radical (unpaired) electrons. The second-order valence-corrected chi connectivity index (χ2v) is 0. The summed E-state index contributed by atoms with van der Waals surface area (Å²) in [5.41, 5.74) is 0. The summed E-state index contributed by atoms with van der Waals surface area (Å²) in [5, 5.41) is 0. The van der Waals surface area contributed by atoms with Gasteiger partial charge in [-0.3, -0.25) is 0 Å². The molecule has 0 saturated carbocycles. The minimum absolute atomic E-state index is 0. The van der Waals surface area contributed by atoms with Crippen LogP contribution in [0.1, 0.15) is 32.8 Å². The van der Waals surface area contributed by atoms with E-state index >= 15 is 0 Å². The zero-order chi connectivity index (χ0) is 0. The van der Waals surface area contributed by atoms with Crippen LogP contribution < -0.4 is 1180 Å². The molecule has 0 unspecified atom stereocenters. The third kappa shape index (κ3) is 140. The molecule has 0 aromatic carbocycles. The average molecular weight is 922 g/mol. The van der Waals surface area contributed by atoms with Crippen molar-refractivity contribution in [3.63, 3.8) is 0 Å². The molecule has 0 atom stereocenters. The molecule has 0 aliphatic carbocycles. The van der Waals surface area contributed by atoms with E-state index in [1.165, 1.54) is 0 Å². The van der Waals surface area contributed by atoms with Gasteiger partial charge in [-0.25, -0.2) is 0 Å². The second kappa shape index (κ2) is 145. The monoisotopic (exact) mass is 919 g/mol. The van der Waals surface area contributed by atoms with E-state index in [0.29, 0.717) is 0 Å². The first-order valence-electron chi connectivity index (χ1n) is 0. The maximum atomic E-state index is 0. The van der Waals surface area contributed by atoms with Gasteiger partial charge < -0.3 is 32.8 Å². The summed E-state index contributed by atoms with van der Waals surface area (Å²) in [5.74, 6) is 0. The molecule has 0 aliphatic rings. The van der Waals surface area contributed by atoms with Gasteiger partial charge in [-0.2, -0.15) is 0 Å². The Hall–Kier alpha value is 37.6. The summed E-state index contributed by atoms with van der Waals surface area (Å²) in [4.78, 5) is 0. The van der Waals surface area contributed by atoms with Gasteiger partial charge in [0.05, 0.1) is 0 Å². The Labute approximate surface area is 1160 Å². The van der Waals surface area contributed by atoms with Crippen LogP contribution in [0.5, 0.6) is 0 Å². The molecule has 0 saturated heterocycles. The minimum atomic E-state index is 0. The van der Waals surface area contributed by atoms with E-state index < -0.39 is 0 Å². The third-order valence-corrected chi connectivity index (χ3v) is 0. The molecule has 23 heteroatoms. The van der Waals surface area contributed by atoms with Crippen molar-refractivity contribution in [3.8, 4) is 0 Å². The van der Waals surface area contributed by atoms with Crippen molar-refractivity contribution in [2.75, 3.05) is 0 Å². The predicted octanol–water partition coefficient (Wildman–Crippen LogP) is -66.3. The van der Waals surface area contributed by atoms with Crippen molar-refractivity contribution in [1.82, 2.24) is 0 Å². The molecule has 0 aromatic rings. The summed E-state index contributed by atoms with van der Waals surface area (Å²) in [6, 6.07) is 0. The van der Waals surface area contributed by atoms with Crippen molar-refractivity contribution in [2.45, 2.75) is 0 Å². The molecule has 0 spiro atoms. The maximum Gasteiger partial charge on any atom is 1.00 e. The van der Waals surface area contributed by atoms with E-state index in [0.717, 1.165) is 0 Å². The fraction of sp³-hybridized carbons (Fsp3) is 0. The molecule has 0 nitrogen and oxygen atoms in total. The topological polar surface area (TPSA) is 0 Å². The van der Waals surface area contributed by atoms with Crippen LogP contribution in [0.3, 0.4) is 0 Å². The standard InChI is InChI=1S/23K.23H/q23*+1;23*-1. The quantitative estimate of drug-likeness (QED) is 0.212. The maximum absolute atomic E-state index is 0. The Morgan fingerprint density at radius 3 is 0.0870 bits per heavy atom. The van der Waals surface area contributed by atoms with Gasteiger partial charge in [0.25, 0.3) is 0 Å². The molecule has 23 heavy (non-hydrogen) atoms. The Morgan fingerprint density at radius 1 is 0.0870 bits per heavy atom. The Bertz CT molecular complexity index is 46.0. The van der Waals surface area contributed by atoms with Gasteiger partial charge in [-0.15, -0.1) is 0 Å². The molecular weight excluding hydrogens is 899 g/mol. The van der Waals surface area contributed by atoms with E-state index in [9.17, 15) is 0 Å². The smallest absolute Gasteiger partial charge is 1.00 e. The van der Waals surface area contributed by atoms with E-state index in [4.69, 9.17) is 0 Å². The van der Waals surface area contributed by atoms with Gasteiger partial charge >= 0.3 is 1180 Å². The zero-order valence-corrected chi connectivity index (χ0v) is 94.8. The summed E-state index contributed by atoms with van der Waals surface area (Å²) in [6.45, 7) is 0. The Morgan fingerprint density at radius 2 is 0.0870 bits per heavy atom. The van der Waals surface area contributed by atoms with Crippen molar-refractivity contribution in [2.24, 2.45) is 0 Å². The third-order valence-electron chi connectivity index (χ3n) is 0. The molecular formula is H23K23. The first-order valence-corrected chi connectivity index (χ1v) is 0. The molecule has 0 heterocycles. The molecule has 0 bridgehead atoms. The molecule has 46 valence electrons.